The maximum Gasteiger partial charge on any atom is 0.333 e. The van der Waals surface area contributed by atoms with Gasteiger partial charge in [-0.1, -0.05) is 14.0 Å². The summed E-state index contributed by atoms with van der Waals surface area (Å²) >= 11 is 0. The Morgan fingerprint density at radius 2 is 2.27 bits per heavy atom. The van der Waals surface area contributed by atoms with Crippen molar-refractivity contribution in [2.75, 3.05) is 6.61 Å². The van der Waals surface area contributed by atoms with Crippen LogP contribution in [0, 0.1) is 0 Å². The van der Waals surface area contributed by atoms with Crippen LogP contribution in [0.2, 0.25) is 0 Å². The molecular formula is C8H14O3. The first-order chi connectivity index (χ1) is 4.68. The van der Waals surface area contributed by atoms with Gasteiger partial charge in [-0.05, 0) is 13.0 Å². The number of esters is 1. The fraction of sp³-hybridized carbons (Fsp3) is 0.375. The molecule has 3 nitrogen and oxygen atoms in total. The molecule has 11 heavy (non-hydrogen) atoms. The molecule has 0 bridgehead atoms. The molecule has 0 aliphatic carbocycles. The van der Waals surface area contributed by atoms with E-state index in [4.69, 9.17) is 5.11 Å². The summed E-state index contributed by atoms with van der Waals surface area (Å²) in [6.07, 6.45) is 2.15. The SMILES string of the molecule is C.C=C(C)C(=O)OCC=CO. The Hall–Kier alpha value is -1.25. The molecule has 0 aromatic heterocycles. The average molecular weight is 158 g/mol. The van der Waals surface area contributed by atoms with Crippen LogP contribution >= 0.6 is 0 Å². The molecule has 0 rings (SSSR count). The summed E-state index contributed by atoms with van der Waals surface area (Å²) in [4.78, 5) is 10.6. The fourth-order valence-electron chi connectivity index (χ4n) is 0.290. The molecule has 0 aliphatic heterocycles. The first kappa shape index (κ1) is 12.4. The standard InChI is InChI=1S/C7H10O3.CH4/c1-6(2)7(9)10-5-3-4-8;/h3-4,8H,1,5H2,2H3;1H4. The third kappa shape index (κ3) is 6.64. The molecule has 0 aromatic rings. The van der Waals surface area contributed by atoms with Gasteiger partial charge in [0.1, 0.15) is 6.61 Å². The average Bonchev–Trinajstić information content (AvgIpc) is 1.88. The predicted octanol–water partition coefficient (Wildman–Crippen LogP) is 1.81. The van der Waals surface area contributed by atoms with Crippen LogP contribution in [-0.4, -0.2) is 17.7 Å². The lowest BCUT2D eigenvalue weighted by Crippen LogP contribution is -2.04. The highest BCUT2D eigenvalue weighted by atomic mass is 16.5. The number of aliphatic hydroxyl groups excluding tert-OH is 1. The maximum absolute atomic E-state index is 10.6. The zero-order valence-corrected chi connectivity index (χ0v) is 5.83. The van der Waals surface area contributed by atoms with Crippen LogP contribution in [-0.2, 0) is 9.53 Å². The van der Waals surface area contributed by atoms with Crippen molar-refractivity contribution in [3.05, 3.63) is 24.5 Å². The van der Waals surface area contributed by atoms with Crippen molar-refractivity contribution >= 4 is 5.97 Å². The van der Waals surface area contributed by atoms with Crippen LogP contribution in [0.4, 0.5) is 0 Å². The van der Waals surface area contributed by atoms with Crippen molar-refractivity contribution in [1.29, 1.82) is 0 Å². The van der Waals surface area contributed by atoms with Crippen LogP contribution in [0.3, 0.4) is 0 Å². The Kier molecular flexibility index (Phi) is 7.76. The second-order valence-electron chi connectivity index (χ2n) is 1.76. The van der Waals surface area contributed by atoms with Crippen molar-refractivity contribution in [3.63, 3.8) is 0 Å². The van der Waals surface area contributed by atoms with Crippen LogP contribution in [0.1, 0.15) is 14.4 Å². The largest absolute Gasteiger partial charge is 0.516 e. The fourth-order valence-corrected chi connectivity index (χ4v) is 0.290. The zero-order chi connectivity index (χ0) is 7.98. The summed E-state index contributed by atoms with van der Waals surface area (Å²) in [6, 6.07) is 0. The second kappa shape index (κ2) is 6.86. The van der Waals surface area contributed by atoms with E-state index in [9.17, 15) is 4.79 Å². The molecule has 0 heterocycles. The summed E-state index contributed by atoms with van der Waals surface area (Å²) in [5.74, 6) is -0.446. The van der Waals surface area contributed by atoms with Gasteiger partial charge in [0.25, 0.3) is 0 Å². The molecular weight excluding hydrogens is 144 g/mol. The van der Waals surface area contributed by atoms with Gasteiger partial charge in [-0.2, -0.15) is 0 Å². The van der Waals surface area contributed by atoms with Crippen LogP contribution < -0.4 is 0 Å². The van der Waals surface area contributed by atoms with E-state index in [-0.39, 0.29) is 14.0 Å². The Balaban J connectivity index is 0. The second-order valence-corrected chi connectivity index (χ2v) is 1.76. The van der Waals surface area contributed by atoms with Gasteiger partial charge in [-0.25, -0.2) is 4.79 Å². The lowest BCUT2D eigenvalue weighted by Gasteiger charge is -1.97. The first-order valence-electron chi connectivity index (χ1n) is 2.80. The van der Waals surface area contributed by atoms with Crippen molar-refractivity contribution in [1.82, 2.24) is 0 Å². The number of carbonyl (C=O) groups excluding carboxylic acids is 1. The van der Waals surface area contributed by atoms with Crippen molar-refractivity contribution in [2.45, 2.75) is 14.4 Å². The minimum Gasteiger partial charge on any atom is -0.516 e. The highest BCUT2D eigenvalue weighted by Crippen LogP contribution is 1.90. The molecule has 0 unspecified atom stereocenters. The summed E-state index contributed by atoms with van der Waals surface area (Å²) < 4.78 is 4.56. The van der Waals surface area contributed by atoms with Crippen LogP contribution in [0.25, 0.3) is 0 Å². The van der Waals surface area contributed by atoms with E-state index in [0.717, 1.165) is 6.26 Å². The number of ether oxygens (including phenoxy) is 1. The molecule has 1 N–H and O–H groups in total. The maximum atomic E-state index is 10.6. The van der Waals surface area contributed by atoms with E-state index >= 15 is 0 Å². The molecule has 0 aliphatic rings. The first-order valence-corrected chi connectivity index (χ1v) is 2.80. The van der Waals surface area contributed by atoms with Crippen molar-refractivity contribution < 1.29 is 14.6 Å². The Bertz CT molecular complexity index is 159. The van der Waals surface area contributed by atoms with Gasteiger partial charge < -0.3 is 9.84 Å². The van der Waals surface area contributed by atoms with E-state index in [0.29, 0.717) is 5.57 Å². The van der Waals surface area contributed by atoms with E-state index in [1.165, 1.54) is 6.08 Å². The molecule has 0 spiro atoms. The van der Waals surface area contributed by atoms with E-state index in [2.05, 4.69) is 11.3 Å². The topological polar surface area (TPSA) is 46.5 Å². The normalized spacial score (nSPS) is 8.82. The number of hydrogen-bond acceptors (Lipinski definition) is 3. The van der Waals surface area contributed by atoms with Gasteiger partial charge in [0.05, 0.1) is 6.26 Å². The third-order valence-corrected chi connectivity index (χ3v) is 0.765. The highest BCUT2D eigenvalue weighted by Gasteiger charge is 1.99. The van der Waals surface area contributed by atoms with Gasteiger partial charge in [0.2, 0.25) is 0 Å². The van der Waals surface area contributed by atoms with E-state index in [1.54, 1.807) is 6.92 Å². The number of carbonyl (C=O) groups is 1. The van der Waals surface area contributed by atoms with E-state index < -0.39 is 5.97 Å². The summed E-state index contributed by atoms with van der Waals surface area (Å²) in [5.41, 5.74) is 0.353. The summed E-state index contributed by atoms with van der Waals surface area (Å²) in [6.45, 7) is 5.02. The molecule has 0 aromatic carbocycles. The molecule has 0 fully saturated rings. The van der Waals surface area contributed by atoms with E-state index in [1.807, 2.05) is 0 Å². The lowest BCUT2D eigenvalue weighted by atomic mass is 10.4. The Morgan fingerprint density at radius 1 is 1.73 bits per heavy atom. The molecule has 64 valence electrons. The van der Waals surface area contributed by atoms with Crippen molar-refractivity contribution in [2.24, 2.45) is 0 Å². The molecule has 0 atom stereocenters. The monoisotopic (exact) mass is 158 g/mol. The highest BCUT2D eigenvalue weighted by molar-refractivity contribution is 5.86. The third-order valence-electron chi connectivity index (χ3n) is 0.765. The lowest BCUT2D eigenvalue weighted by molar-refractivity contribution is -0.137. The Labute approximate surface area is 67.0 Å². The van der Waals surface area contributed by atoms with Gasteiger partial charge in [0.15, 0.2) is 0 Å². The molecule has 0 radical (unpaired) electrons. The van der Waals surface area contributed by atoms with Crippen LogP contribution in [0.5, 0.6) is 0 Å². The van der Waals surface area contributed by atoms with Gasteiger partial charge >= 0.3 is 5.97 Å². The number of aliphatic hydroxyl groups is 1. The van der Waals surface area contributed by atoms with Gasteiger partial charge in [-0.3, -0.25) is 0 Å². The summed E-state index contributed by atoms with van der Waals surface area (Å²) in [7, 11) is 0. The molecule has 0 saturated heterocycles. The molecule has 3 heteroatoms. The quantitative estimate of drug-likeness (QED) is 0.387. The van der Waals surface area contributed by atoms with Gasteiger partial charge in [0, 0.05) is 5.57 Å². The van der Waals surface area contributed by atoms with Crippen LogP contribution in [0.15, 0.2) is 24.5 Å². The van der Waals surface area contributed by atoms with Gasteiger partial charge in [-0.15, -0.1) is 0 Å². The van der Waals surface area contributed by atoms with Crippen molar-refractivity contribution in [3.8, 4) is 0 Å². The minimum atomic E-state index is -0.446. The zero-order valence-electron chi connectivity index (χ0n) is 5.83. The minimum absolute atomic E-state index is 0. The Morgan fingerprint density at radius 3 is 2.64 bits per heavy atom. The molecule has 0 amide bonds. The smallest absolute Gasteiger partial charge is 0.333 e. The predicted molar refractivity (Wildman–Crippen MR) is 44.3 cm³/mol. The summed E-state index contributed by atoms with van der Waals surface area (Å²) in [5, 5.41) is 8.12. The number of hydrogen-bond donors (Lipinski definition) is 1. The number of rotatable bonds is 3. The molecule has 0 saturated carbocycles.